The Kier molecular flexibility index (Phi) is 6.04. The van der Waals surface area contributed by atoms with Gasteiger partial charge >= 0.3 is 0 Å². The number of thioether (sulfide) groups is 1. The van der Waals surface area contributed by atoms with E-state index in [2.05, 4.69) is 51.0 Å². The molecule has 0 aliphatic carbocycles. The van der Waals surface area contributed by atoms with Gasteiger partial charge in [-0.05, 0) is 49.6 Å². The van der Waals surface area contributed by atoms with Crippen molar-refractivity contribution >= 4 is 23.4 Å². The Morgan fingerprint density at radius 2 is 1.87 bits per heavy atom. The molecule has 4 heterocycles. The van der Waals surface area contributed by atoms with E-state index in [0.717, 1.165) is 49.6 Å². The molecule has 4 atom stereocenters. The van der Waals surface area contributed by atoms with Crippen molar-refractivity contribution < 1.29 is 4.79 Å². The van der Waals surface area contributed by atoms with Crippen molar-refractivity contribution in [1.82, 2.24) is 19.9 Å². The van der Waals surface area contributed by atoms with Crippen LogP contribution in [0.25, 0.3) is 0 Å². The molecule has 3 fully saturated rings. The Morgan fingerprint density at radius 1 is 1.10 bits per heavy atom. The Bertz CT molecular complexity index is 1010. The summed E-state index contributed by atoms with van der Waals surface area (Å²) in [6.07, 6.45) is 4.21. The van der Waals surface area contributed by atoms with Gasteiger partial charge in [0.15, 0.2) is 0 Å². The molecule has 0 spiro atoms. The van der Waals surface area contributed by atoms with Gasteiger partial charge in [0.05, 0.1) is 18.2 Å². The minimum absolute atomic E-state index is 0.0683. The highest BCUT2D eigenvalue weighted by atomic mass is 32.2. The van der Waals surface area contributed by atoms with Crippen LogP contribution in [0.1, 0.15) is 18.5 Å². The van der Waals surface area contributed by atoms with Crippen LogP contribution >= 0.6 is 11.8 Å². The highest BCUT2D eigenvalue weighted by molar-refractivity contribution is 7.98. The molecular formula is C24H27N5OS. The summed E-state index contributed by atoms with van der Waals surface area (Å²) in [6, 6.07) is 20.6. The third-order valence-corrected chi connectivity index (χ3v) is 7.42. The maximum Gasteiger partial charge on any atom is 0.229 e. The maximum atomic E-state index is 12.8. The average molecular weight is 434 g/mol. The lowest BCUT2D eigenvalue weighted by Crippen LogP contribution is -2.57. The lowest BCUT2D eigenvalue weighted by molar-refractivity contribution is -0.127. The van der Waals surface area contributed by atoms with E-state index >= 15 is 0 Å². The van der Waals surface area contributed by atoms with E-state index in [0.29, 0.717) is 12.0 Å². The number of amides is 1. The smallest absolute Gasteiger partial charge is 0.229 e. The van der Waals surface area contributed by atoms with Gasteiger partial charge in [-0.25, -0.2) is 0 Å². The quantitative estimate of drug-likeness (QED) is 0.572. The number of benzene rings is 2. The van der Waals surface area contributed by atoms with Crippen LogP contribution < -0.4 is 5.32 Å². The molecule has 2 bridgehead atoms. The number of fused-ring (bicyclic) bond motifs is 3. The highest BCUT2D eigenvalue weighted by Gasteiger charge is 2.43. The fraction of sp³-hybridized carbons (Fsp3) is 0.375. The molecule has 0 saturated carbocycles. The third kappa shape index (κ3) is 4.83. The molecule has 6 rings (SSSR count). The molecule has 6 nitrogen and oxygen atoms in total. The van der Waals surface area contributed by atoms with Crippen molar-refractivity contribution in [3.63, 3.8) is 0 Å². The first-order valence-electron chi connectivity index (χ1n) is 10.9. The first-order valence-corrected chi connectivity index (χ1v) is 11.9. The normalized spacial score (nSPS) is 24.8. The van der Waals surface area contributed by atoms with E-state index in [9.17, 15) is 4.79 Å². The van der Waals surface area contributed by atoms with E-state index in [1.807, 2.05) is 41.1 Å². The monoisotopic (exact) mass is 433 g/mol. The van der Waals surface area contributed by atoms with Gasteiger partial charge < -0.3 is 5.32 Å². The fourth-order valence-electron chi connectivity index (χ4n) is 4.77. The number of para-hydroxylation sites is 1. The SMILES string of the molecule is O=C(Nc1ccccc1)C1CN2CCC1CC2Cn1cc(CSc2ccccc2)nn1. The Labute approximate surface area is 187 Å². The minimum atomic E-state index is 0.0683. The van der Waals surface area contributed by atoms with Crippen LogP contribution in [0.4, 0.5) is 5.69 Å². The summed E-state index contributed by atoms with van der Waals surface area (Å²) in [7, 11) is 0. The Hall–Kier alpha value is -2.64. The highest BCUT2D eigenvalue weighted by Crippen LogP contribution is 2.37. The molecule has 3 aliphatic heterocycles. The molecule has 7 heteroatoms. The van der Waals surface area contributed by atoms with Gasteiger partial charge in [-0.1, -0.05) is 41.6 Å². The molecule has 31 heavy (non-hydrogen) atoms. The number of piperidine rings is 3. The van der Waals surface area contributed by atoms with Crippen molar-refractivity contribution in [3.8, 4) is 0 Å². The van der Waals surface area contributed by atoms with Gasteiger partial charge in [0, 0.05) is 35.1 Å². The van der Waals surface area contributed by atoms with Gasteiger partial charge in [-0.15, -0.1) is 16.9 Å². The lowest BCUT2D eigenvalue weighted by Gasteiger charge is -2.49. The number of nitrogens with zero attached hydrogens (tertiary/aromatic N) is 4. The first kappa shape index (κ1) is 20.3. The number of carbonyl (C=O) groups excluding carboxylic acids is 1. The molecule has 1 N–H and O–H groups in total. The number of nitrogens with one attached hydrogen (secondary N) is 1. The molecule has 4 unspecified atom stereocenters. The summed E-state index contributed by atoms with van der Waals surface area (Å²) in [4.78, 5) is 16.6. The molecular weight excluding hydrogens is 406 g/mol. The zero-order valence-electron chi connectivity index (χ0n) is 17.4. The van der Waals surface area contributed by atoms with Crippen molar-refractivity contribution in [2.75, 3.05) is 18.4 Å². The van der Waals surface area contributed by atoms with Crippen LogP contribution in [0.5, 0.6) is 0 Å². The van der Waals surface area contributed by atoms with Crippen LogP contribution in [0.3, 0.4) is 0 Å². The largest absolute Gasteiger partial charge is 0.326 e. The lowest BCUT2D eigenvalue weighted by atomic mass is 9.75. The molecule has 3 saturated heterocycles. The van der Waals surface area contributed by atoms with Crippen LogP contribution in [0, 0.1) is 11.8 Å². The van der Waals surface area contributed by atoms with Gasteiger partial charge in [0.25, 0.3) is 0 Å². The van der Waals surface area contributed by atoms with E-state index in [4.69, 9.17) is 0 Å². The van der Waals surface area contributed by atoms with Crippen molar-refractivity contribution in [1.29, 1.82) is 0 Å². The summed E-state index contributed by atoms with van der Waals surface area (Å²) < 4.78 is 1.98. The predicted octanol–water partition coefficient (Wildman–Crippen LogP) is 3.92. The second-order valence-corrected chi connectivity index (χ2v) is 9.48. The summed E-state index contributed by atoms with van der Waals surface area (Å²) in [6.45, 7) is 2.74. The van der Waals surface area contributed by atoms with Gasteiger partial charge in [-0.3, -0.25) is 14.4 Å². The van der Waals surface area contributed by atoms with Crippen molar-refractivity contribution in [2.45, 2.75) is 36.1 Å². The molecule has 0 radical (unpaired) electrons. The van der Waals surface area contributed by atoms with Gasteiger partial charge in [0.2, 0.25) is 5.91 Å². The number of carbonyl (C=O) groups is 1. The van der Waals surface area contributed by atoms with Crippen LogP contribution in [-0.4, -0.2) is 44.9 Å². The number of aromatic nitrogens is 3. The Balaban J connectivity index is 1.15. The van der Waals surface area contributed by atoms with E-state index in [-0.39, 0.29) is 11.8 Å². The molecule has 2 aromatic carbocycles. The maximum absolute atomic E-state index is 12.8. The van der Waals surface area contributed by atoms with Crippen LogP contribution in [0.15, 0.2) is 71.8 Å². The fourth-order valence-corrected chi connectivity index (χ4v) is 5.56. The summed E-state index contributed by atoms with van der Waals surface area (Å²) in [5.41, 5.74) is 1.88. The second-order valence-electron chi connectivity index (χ2n) is 8.43. The molecule has 1 aromatic heterocycles. The van der Waals surface area contributed by atoms with Crippen molar-refractivity contribution in [3.05, 3.63) is 72.6 Å². The van der Waals surface area contributed by atoms with Crippen LogP contribution in [0.2, 0.25) is 0 Å². The van der Waals surface area contributed by atoms with E-state index in [1.54, 1.807) is 11.8 Å². The summed E-state index contributed by atoms with van der Waals surface area (Å²) >= 11 is 1.78. The van der Waals surface area contributed by atoms with Gasteiger partial charge in [0.1, 0.15) is 0 Å². The standard InChI is InChI=1S/C24H27N5OS/c30-24(25-19-7-3-1-4-8-19)23-16-28-12-11-18(23)13-21(28)15-29-14-20(26-27-29)17-31-22-9-5-2-6-10-22/h1-10,14,18,21,23H,11-13,15-17H2,(H,25,30). The predicted molar refractivity (Wildman–Crippen MR) is 123 cm³/mol. The summed E-state index contributed by atoms with van der Waals surface area (Å²) in [5, 5.41) is 11.8. The van der Waals surface area contributed by atoms with E-state index in [1.165, 1.54) is 4.90 Å². The number of anilines is 1. The minimum Gasteiger partial charge on any atom is -0.326 e. The molecule has 1 amide bonds. The topological polar surface area (TPSA) is 63.1 Å². The number of rotatable bonds is 7. The summed E-state index contributed by atoms with van der Waals surface area (Å²) in [5.74, 6) is 1.48. The third-order valence-electron chi connectivity index (χ3n) is 6.37. The Morgan fingerprint density at radius 3 is 2.61 bits per heavy atom. The first-order chi connectivity index (χ1) is 15.2. The van der Waals surface area contributed by atoms with Crippen LogP contribution in [-0.2, 0) is 17.1 Å². The number of hydrogen-bond acceptors (Lipinski definition) is 5. The zero-order chi connectivity index (χ0) is 21.0. The average Bonchev–Trinajstić information content (AvgIpc) is 3.27. The molecule has 3 aromatic rings. The van der Waals surface area contributed by atoms with E-state index < -0.39 is 0 Å². The van der Waals surface area contributed by atoms with Gasteiger partial charge in [-0.2, -0.15) is 0 Å². The molecule has 3 aliphatic rings. The second kappa shape index (κ2) is 9.24. The van der Waals surface area contributed by atoms with Crippen molar-refractivity contribution in [2.24, 2.45) is 11.8 Å². The number of hydrogen-bond donors (Lipinski definition) is 1. The molecule has 160 valence electrons. The zero-order valence-corrected chi connectivity index (χ0v) is 18.2.